The topological polar surface area (TPSA) is 71.5 Å². The van der Waals surface area contributed by atoms with E-state index in [1.807, 2.05) is 33.8 Å². The fourth-order valence-electron chi connectivity index (χ4n) is 2.32. The van der Waals surface area contributed by atoms with Crippen molar-refractivity contribution in [1.82, 2.24) is 10.3 Å². The highest BCUT2D eigenvalue weighted by Crippen LogP contribution is 2.30. The number of carbonyl (C=O) groups is 1. The molecule has 0 spiro atoms. The summed E-state index contributed by atoms with van der Waals surface area (Å²) in [6.07, 6.45) is 2.98. The second-order valence-electron chi connectivity index (χ2n) is 6.25. The molecule has 0 saturated carbocycles. The van der Waals surface area contributed by atoms with Gasteiger partial charge in [-0.2, -0.15) is 0 Å². The molecule has 0 aliphatic carbocycles. The fraction of sp³-hybridized carbons (Fsp3) is 0.571. The summed E-state index contributed by atoms with van der Waals surface area (Å²) in [6, 6.07) is 1.82. The van der Waals surface area contributed by atoms with Crippen LogP contribution in [0, 0.1) is 5.41 Å². The Morgan fingerprint density at radius 2 is 2.10 bits per heavy atom. The third-order valence-electron chi connectivity index (χ3n) is 2.72. The lowest BCUT2D eigenvalue weighted by atomic mass is 9.81. The Hall–Kier alpha value is -1.30. The van der Waals surface area contributed by atoms with Gasteiger partial charge in [0.25, 0.3) is 0 Å². The number of halogens is 1. The summed E-state index contributed by atoms with van der Waals surface area (Å²) < 4.78 is 6.62. The Labute approximate surface area is 127 Å². The number of nitrogens with zero attached hydrogens (tertiary/aromatic N) is 1. The zero-order valence-corrected chi connectivity index (χ0v) is 13.8. The SMILES string of the molecule is CC(C)(COc1cnccc1Br)CC(C)(C)NC(=O)O. The molecule has 0 atom stereocenters. The number of nitrogens with one attached hydrogen (secondary N) is 1. The van der Waals surface area contributed by atoms with Crippen molar-refractivity contribution in [3.63, 3.8) is 0 Å². The number of pyridine rings is 1. The van der Waals surface area contributed by atoms with Crippen LogP contribution in [0.15, 0.2) is 22.9 Å². The molecule has 0 unspecified atom stereocenters. The Kier molecular flexibility index (Phi) is 5.39. The van der Waals surface area contributed by atoms with E-state index in [1.54, 1.807) is 12.4 Å². The summed E-state index contributed by atoms with van der Waals surface area (Å²) >= 11 is 3.40. The first kappa shape index (κ1) is 16.8. The molecule has 6 heteroatoms. The van der Waals surface area contributed by atoms with Gasteiger partial charge in [-0.3, -0.25) is 4.98 Å². The number of hydrogen-bond donors (Lipinski definition) is 2. The van der Waals surface area contributed by atoms with Crippen LogP contribution < -0.4 is 10.1 Å². The summed E-state index contributed by atoms with van der Waals surface area (Å²) in [5.74, 6) is 0.685. The number of ether oxygens (including phenoxy) is 1. The first-order chi connectivity index (χ1) is 9.11. The highest BCUT2D eigenvalue weighted by Gasteiger charge is 2.30. The number of amides is 1. The summed E-state index contributed by atoms with van der Waals surface area (Å²) in [5, 5.41) is 11.4. The maximum atomic E-state index is 10.8. The summed E-state index contributed by atoms with van der Waals surface area (Å²) in [4.78, 5) is 14.8. The minimum absolute atomic E-state index is 0.179. The molecule has 0 aliphatic rings. The highest BCUT2D eigenvalue weighted by molar-refractivity contribution is 9.10. The lowest BCUT2D eigenvalue weighted by Crippen LogP contribution is -2.46. The van der Waals surface area contributed by atoms with Gasteiger partial charge in [0, 0.05) is 17.2 Å². The van der Waals surface area contributed by atoms with E-state index in [9.17, 15) is 4.79 Å². The highest BCUT2D eigenvalue weighted by atomic mass is 79.9. The molecule has 0 aliphatic heterocycles. The minimum atomic E-state index is -1.01. The van der Waals surface area contributed by atoms with Crippen LogP contribution in [0.5, 0.6) is 5.75 Å². The molecule has 112 valence electrons. The third kappa shape index (κ3) is 5.77. The first-order valence-corrected chi connectivity index (χ1v) is 7.14. The average molecular weight is 345 g/mol. The molecule has 0 bridgehead atoms. The number of carboxylic acid groups (broad SMARTS) is 1. The molecule has 1 rings (SSSR count). The molecular formula is C14H21BrN2O3. The summed E-state index contributed by atoms with van der Waals surface area (Å²) in [7, 11) is 0. The molecule has 2 N–H and O–H groups in total. The van der Waals surface area contributed by atoms with Gasteiger partial charge in [0.15, 0.2) is 5.75 Å². The van der Waals surface area contributed by atoms with Crippen LogP contribution in [0.4, 0.5) is 4.79 Å². The lowest BCUT2D eigenvalue weighted by Gasteiger charge is -2.34. The second-order valence-corrected chi connectivity index (χ2v) is 7.10. The largest absolute Gasteiger partial charge is 0.490 e. The smallest absolute Gasteiger partial charge is 0.405 e. The van der Waals surface area contributed by atoms with Crippen molar-refractivity contribution < 1.29 is 14.6 Å². The van der Waals surface area contributed by atoms with Crippen LogP contribution in [0.1, 0.15) is 34.1 Å². The van der Waals surface area contributed by atoms with Crippen LogP contribution in [0.3, 0.4) is 0 Å². The van der Waals surface area contributed by atoms with Gasteiger partial charge in [-0.15, -0.1) is 0 Å². The van der Waals surface area contributed by atoms with Gasteiger partial charge < -0.3 is 15.2 Å². The Bertz CT molecular complexity index is 475. The van der Waals surface area contributed by atoms with Crippen LogP contribution >= 0.6 is 15.9 Å². The van der Waals surface area contributed by atoms with E-state index in [0.29, 0.717) is 18.8 Å². The third-order valence-corrected chi connectivity index (χ3v) is 3.37. The number of aromatic nitrogens is 1. The van der Waals surface area contributed by atoms with E-state index in [2.05, 4.69) is 26.2 Å². The number of rotatable bonds is 6. The maximum absolute atomic E-state index is 10.8. The molecule has 1 heterocycles. The van der Waals surface area contributed by atoms with Crippen molar-refractivity contribution in [3.05, 3.63) is 22.9 Å². The van der Waals surface area contributed by atoms with Crippen LogP contribution in [0.2, 0.25) is 0 Å². The van der Waals surface area contributed by atoms with Gasteiger partial charge in [0.1, 0.15) is 0 Å². The lowest BCUT2D eigenvalue weighted by molar-refractivity contribution is 0.125. The summed E-state index contributed by atoms with van der Waals surface area (Å²) in [6.45, 7) is 8.29. The molecule has 1 aromatic heterocycles. The molecule has 20 heavy (non-hydrogen) atoms. The minimum Gasteiger partial charge on any atom is -0.490 e. The van der Waals surface area contributed by atoms with E-state index in [0.717, 1.165) is 4.47 Å². The quantitative estimate of drug-likeness (QED) is 0.825. The van der Waals surface area contributed by atoms with E-state index in [4.69, 9.17) is 9.84 Å². The van der Waals surface area contributed by atoms with Crippen LogP contribution in [0.25, 0.3) is 0 Å². The van der Waals surface area contributed by atoms with Gasteiger partial charge in [-0.25, -0.2) is 4.79 Å². The zero-order chi connectivity index (χ0) is 15.4. The predicted molar refractivity (Wildman–Crippen MR) is 81.1 cm³/mol. The zero-order valence-electron chi connectivity index (χ0n) is 12.2. The molecule has 5 nitrogen and oxygen atoms in total. The maximum Gasteiger partial charge on any atom is 0.405 e. The molecule has 1 amide bonds. The Morgan fingerprint density at radius 3 is 2.65 bits per heavy atom. The van der Waals surface area contributed by atoms with Gasteiger partial charge in [-0.1, -0.05) is 13.8 Å². The first-order valence-electron chi connectivity index (χ1n) is 6.35. The second kappa shape index (κ2) is 6.43. The molecular weight excluding hydrogens is 324 g/mol. The van der Waals surface area contributed by atoms with Crippen molar-refractivity contribution in [2.75, 3.05) is 6.61 Å². The van der Waals surface area contributed by atoms with E-state index in [1.165, 1.54) is 0 Å². The van der Waals surface area contributed by atoms with Crippen molar-refractivity contribution >= 4 is 22.0 Å². The predicted octanol–water partition coefficient (Wildman–Crippen LogP) is 3.69. The van der Waals surface area contributed by atoms with Crippen LogP contribution in [-0.4, -0.2) is 28.3 Å². The molecule has 0 fully saturated rings. The van der Waals surface area contributed by atoms with E-state index >= 15 is 0 Å². The molecule has 0 saturated heterocycles. The van der Waals surface area contributed by atoms with Crippen molar-refractivity contribution in [2.24, 2.45) is 5.41 Å². The van der Waals surface area contributed by atoms with Gasteiger partial charge >= 0.3 is 6.09 Å². The van der Waals surface area contributed by atoms with Gasteiger partial charge in [0.2, 0.25) is 0 Å². The van der Waals surface area contributed by atoms with Gasteiger partial charge in [-0.05, 0) is 42.3 Å². The Morgan fingerprint density at radius 1 is 1.45 bits per heavy atom. The van der Waals surface area contributed by atoms with Crippen LogP contribution in [-0.2, 0) is 0 Å². The molecule has 0 radical (unpaired) electrons. The normalized spacial score (nSPS) is 12.1. The van der Waals surface area contributed by atoms with E-state index < -0.39 is 11.6 Å². The molecule has 0 aromatic carbocycles. The van der Waals surface area contributed by atoms with Crippen molar-refractivity contribution in [3.8, 4) is 5.75 Å². The van der Waals surface area contributed by atoms with Gasteiger partial charge in [0.05, 0.1) is 17.3 Å². The van der Waals surface area contributed by atoms with E-state index in [-0.39, 0.29) is 5.41 Å². The number of hydrogen-bond acceptors (Lipinski definition) is 3. The molecule has 1 aromatic rings. The standard InChI is InChI=1S/C14H21BrN2O3/c1-13(2,8-14(3,4)17-12(18)19)9-20-11-7-16-6-5-10(11)15/h5-7,17H,8-9H2,1-4H3,(H,18,19). The van der Waals surface area contributed by atoms with Crippen molar-refractivity contribution in [2.45, 2.75) is 39.7 Å². The Balaban J connectivity index is 2.61. The average Bonchev–Trinajstić information content (AvgIpc) is 2.24. The van der Waals surface area contributed by atoms with Crippen molar-refractivity contribution in [1.29, 1.82) is 0 Å². The monoisotopic (exact) mass is 344 g/mol. The fourth-order valence-corrected chi connectivity index (χ4v) is 2.66. The summed E-state index contributed by atoms with van der Waals surface area (Å²) in [5.41, 5.74) is -0.688.